The fourth-order valence-corrected chi connectivity index (χ4v) is 3.03. The van der Waals surface area contributed by atoms with Gasteiger partial charge in [0.25, 0.3) is 0 Å². The van der Waals surface area contributed by atoms with Gasteiger partial charge >= 0.3 is 0 Å². The first-order chi connectivity index (χ1) is 10.6. The molecule has 0 aliphatic carbocycles. The third-order valence-corrected chi connectivity index (χ3v) is 4.12. The number of aliphatic hydroxyl groups is 1. The predicted molar refractivity (Wildman–Crippen MR) is 87.3 cm³/mol. The van der Waals surface area contributed by atoms with Crippen LogP contribution in [0.15, 0.2) is 36.4 Å². The van der Waals surface area contributed by atoms with E-state index in [1.54, 1.807) is 12.1 Å². The van der Waals surface area contributed by atoms with Crippen LogP contribution >= 0.6 is 0 Å². The van der Waals surface area contributed by atoms with Gasteiger partial charge < -0.3 is 14.7 Å². The third kappa shape index (κ3) is 3.68. The van der Waals surface area contributed by atoms with E-state index in [0.717, 1.165) is 31.4 Å². The molecule has 4 nitrogen and oxygen atoms in total. The molecule has 1 N–H and O–H groups in total. The van der Waals surface area contributed by atoms with Gasteiger partial charge in [-0.2, -0.15) is 5.26 Å². The molecular weight excluding hydrogens is 276 g/mol. The lowest BCUT2D eigenvalue weighted by atomic mass is 9.92. The standard InChI is InChI=1S/C18H24N2O2/c1-3-5-6-12-18(11-4-2)14-20(17(21)22-18)16-9-7-15(13-19)8-10-16/h3,5,7-10,17,21H,4,6,11-12,14H2,1-2H3/b5-3+. The van der Waals surface area contributed by atoms with Gasteiger partial charge in [0.1, 0.15) is 0 Å². The van der Waals surface area contributed by atoms with Gasteiger partial charge in [-0.3, -0.25) is 0 Å². The maximum Gasteiger partial charge on any atom is 0.238 e. The van der Waals surface area contributed by atoms with Gasteiger partial charge in [0.05, 0.1) is 23.8 Å². The van der Waals surface area contributed by atoms with Gasteiger partial charge in [0.2, 0.25) is 6.41 Å². The van der Waals surface area contributed by atoms with Crippen LogP contribution in [0.4, 0.5) is 5.69 Å². The first-order valence-electron chi connectivity index (χ1n) is 7.88. The van der Waals surface area contributed by atoms with Crippen molar-refractivity contribution in [1.29, 1.82) is 5.26 Å². The van der Waals surface area contributed by atoms with Gasteiger partial charge in [-0.05, 0) is 50.5 Å². The summed E-state index contributed by atoms with van der Waals surface area (Å²) in [5.74, 6) is 0. The summed E-state index contributed by atoms with van der Waals surface area (Å²) in [5, 5.41) is 19.2. The van der Waals surface area contributed by atoms with E-state index < -0.39 is 6.41 Å². The van der Waals surface area contributed by atoms with Crippen molar-refractivity contribution in [3.05, 3.63) is 42.0 Å². The van der Waals surface area contributed by atoms with E-state index >= 15 is 0 Å². The van der Waals surface area contributed by atoms with Crippen LogP contribution in [0.2, 0.25) is 0 Å². The highest BCUT2D eigenvalue weighted by Crippen LogP contribution is 2.36. The highest BCUT2D eigenvalue weighted by Gasteiger charge is 2.43. The molecule has 1 aromatic rings. The number of rotatable bonds is 6. The normalized spacial score (nSPS) is 24.8. The summed E-state index contributed by atoms with van der Waals surface area (Å²) in [6, 6.07) is 9.36. The van der Waals surface area contributed by atoms with E-state index in [1.165, 1.54) is 0 Å². The van der Waals surface area contributed by atoms with Crippen LogP contribution in [-0.4, -0.2) is 23.7 Å². The van der Waals surface area contributed by atoms with Crippen LogP contribution in [0.25, 0.3) is 0 Å². The zero-order chi connectivity index (χ0) is 16.0. The minimum atomic E-state index is -0.926. The van der Waals surface area contributed by atoms with E-state index in [2.05, 4.69) is 19.1 Å². The fraction of sp³-hybridized carbons (Fsp3) is 0.500. The van der Waals surface area contributed by atoms with Crippen molar-refractivity contribution in [2.45, 2.75) is 51.5 Å². The minimum Gasteiger partial charge on any atom is -0.351 e. The molecule has 0 aromatic heterocycles. The van der Waals surface area contributed by atoms with Crippen LogP contribution < -0.4 is 4.90 Å². The molecule has 2 rings (SSSR count). The molecule has 0 spiro atoms. The highest BCUT2D eigenvalue weighted by molar-refractivity contribution is 5.50. The van der Waals surface area contributed by atoms with Crippen LogP contribution in [0.3, 0.4) is 0 Å². The Bertz CT molecular complexity index is 547. The predicted octanol–water partition coefficient (Wildman–Crippen LogP) is 3.57. The number of allylic oxidation sites excluding steroid dienone is 2. The summed E-state index contributed by atoms with van der Waals surface area (Å²) >= 11 is 0. The average molecular weight is 300 g/mol. The zero-order valence-electron chi connectivity index (χ0n) is 13.3. The summed E-state index contributed by atoms with van der Waals surface area (Å²) in [6.07, 6.45) is 7.04. The Morgan fingerprint density at radius 2 is 2.14 bits per heavy atom. The van der Waals surface area contributed by atoms with Crippen molar-refractivity contribution in [2.24, 2.45) is 0 Å². The van der Waals surface area contributed by atoms with Crippen molar-refractivity contribution >= 4 is 5.69 Å². The number of aliphatic hydroxyl groups excluding tert-OH is 1. The molecule has 0 bridgehead atoms. The van der Waals surface area contributed by atoms with Crippen molar-refractivity contribution in [3.63, 3.8) is 0 Å². The minimum absolute atomic E-state index is 0.304. The molecule has 1 aliphatic heterocycles. The second kappa shape index (κ2) is 7.44. The largest absolute Gasteiger partial charge is 0.351 e. The van der Waals surface area contributed by atoms with Crippen molar-refractivity contribution in [2.75, 3.05) is 11.4 Å². The molecule has 4 heteroatoms. The molecular formula is C18H24N2O2. The lowest BCUT2D eigenvalue weighted by Crippen LogP contribution is -2.34. The summed E-state index contributed by atoms with van der Waals surface area (Å²) < 4.78 is 5.94. The summed E-state index contributed by atoms with van der Waals surface area (Å²) in [6.45, 7) is 4.82. The van der Waals surface area contributed by atoms with Crippen LogP contribution in [0.1, 0.15) is 45.1 Å². The number of anilines is 1. The highest BCUT2D eigenvalue weighted by atomic mass is 16.7. The zero-order valence-corrected chi connectivity index (χ0v) is 13.3. The first kappa shape index (κ1) is 16.5. The molecule has 1 fully saturated rings. The Morgan fingerprint density at radius 3 is 2.73 bits per heavy atom. The second-order valence-electron chi connectivity index (χ2n) is 5.77. The molecule has 22 heavy (non-hydrogen) atoms. The number of benzene rings is 1. The van der Waals surface area contributed by atoms with Gasteiger partial charge in [0.15, 0.2) is 0 Å². The molecule has 0 radical (unpaired) electrons. The monoisotopic (exact) mass is 300 g/mol. The van der Waals surface area contributed by atoms with Crippen LogP contribution in [0.5, 0.6) is 0 Å². The maximum absolute atomic E-state index is 10.3. The average Bonchev–Trinajstić information content (AvgIpc) is 2.85. The second-order valence-corrected chi connectivity index (χ2v) is 5.77. The number of nitrogens with zero attached hydrogens (tertiary/aromatic N) is 2. The number of hydrogen-bond donors (Lipinski definition) is 1. The van der Waals surface area contributed by atoms with Gasteiger partial charge in [-0.1, -0.05) is 25.5 Å². The van der Waals surface area contributed by atoms with Gasteiger partial charge in [-0.15, -0.1) is 0 Å². The molecule has 0 saturated carbocycles. The summed E-state index contributed by atoms with van der Waals surface area (Å²) in [5.41, 5.74) is 1.20. The summed E-state index contributed by atoms with van der Waals surface area (Å²) in [7, 11) is 0. The molecule has 1 aliphatic rings. The van der Waals surface area contributed by atoms with Crippen molar-refractivity contribution < 1.29 is 9.84 Å². The van der Waals surface area contributed by atoms with E-state index in [9.17, 15) is 5.11 Å². The molecule has 2 unspecified atom stereocenters. The summed E-state index contributed by atoms with van der Waals surface area (Å²) in [4.78, 5) is 1.87. The Labute approximate surface area is 132 Å². The number of nitriles is 1. The molecule has 1 saturated heterocycles. The molecule has 1 aromatic carbocycles. The Morgan fingerprint density at radius 1 is 1.41 bits per heavy atom. The first-order valence-corrected chi connectivity index (χ1v) is 7.88. The number of hydrogen-bond acceptors (Lipinski definition) is 4. The van der Waals surface area contributed by atoms with E-state index in [1.807, 2.05) is 30.0 Å². The molecule has 1 heterocycles. The maximum atomic E-state index is 10.3. The van der Waals surface area contributed by atoms with Crippen molar-refractivity contribution in [3.8, 4) is 6.07 Å². The van der Waals surface area contributed by atoms with Gasteiger partial charge in [0, 0.05) is 5.69 Å². The van der Waals surface area contributed by atoms with E-state index in [4.69, 9.17) is 10.00 Å². The van der Waals surface area contributed by atoms with Crippen LogP contribution in [0, 0.1) is 11.3 Å². The Hall–Kier alpha value is -1.83. The van der Waals surface area contributed by atoms with Gasteiger partial charge in [-0.25, -0.2) is 0 Å². The van der Waals surface area contributed by atoms with E-state index in [-0.39, 0.29) is 5.60 Å². The van der Waals surface area contributed by atoms with E-state index in [0.29, 0.717) is 12.1 Å². The van der Waals surface area contributed by atoms with Crippen LogP contribution in [-0.2, 0) is 4.74 Å². The Balaban J connectivity index is 2.15. The quantitative estimate of drug-likeness (QED) is 0.816. The lowest BCUT2D eigenvalue weighted by molar-refractivity contribution is -0.139. The fourth-order valence-electron chi connectivity index (χ4n) is 3.03. The molecule has 0 amide bonds. The smallest absolute Gasteiger partial charge is 0.238 e. The topological polar surface area (TPSA) is 56.5 Å². The molecule has 2 atom stereocenters. The van der Waals surface area contributed by atoms with Crippen molar-refractivity contribution in [1.82, 2.24) is 0 Å². The molecule has 118 valence electrons. The SMILES string of the molecule is C/C=C/CCC1(CCC)CN(c2ccc(C#N)cc2)C(O)O1. The lowest BCUT2D eigenvalue weighted by Gasteiger charge is -2.27. The Kier molecular flexibility index (Phi) is 5.59. The number of ether oxygens (including phenoxy) is 1. The third-order valence-electron chi connectivity index (χ3n) is 4.12.